The fraction of sp³-hybridized carbons (Fsp3) is 0.929. The maximum atomic E-state index is 11.7. The fourth-order valence-corrected chi connectivity index (χ4v) is 2.92. The SMILES string of the molecule is O=C(CC1CCCCC1)NCCCCCCBr. The molecule has 1 rings (SSSR count). The molecule has 1 saturated carbocycles. The second kappa shape index (κ2) is 9.93. The Labute approximate surface area is 114 Å². The minimum Gasteiger partial charge on any atom is -0.356 e. The number of unbranched alkanes of at least 4 members (excludes halogenated alkanes) is 3. The fourth-order valence-electron chi connectivity index (χ4n) is 2.53. The molecule has 0 bridgehead atoms. The summed E-state index contributed by atoms with van der Waals surface area (Å²) in [7, 11) is 0. The number of hydrogen-bond donors (Lipinski definition) is 1. The minimum absolute atomic E-state index is 0.275. The molecule has 0 aromatic heterocycles. The van der Waals surface area contributed by atoms with Crippen molar-refractivity contribution in [3.63, 3.8) is 0 Å². The number of hydrogen-bond acceptors (Lipinski definition) is 1. The Hall–Kier alpha value is -0.0500. The molecule has 0 aromatic rings. The van der Waals surface area contributed by atoms with Crippen LogP contribution in [-0.2, 0) is 4.79 Å². The molecule has 0 unspecified atom stereocenters. The van der Waals surface area contributed by atoms with Crippen molar-refractivity contribution in [2.24, 2.45) is 5.92 Å². The van der Waals surface area contributed by atoms with Crippen molar-refractivity contribution in [2.45, 2.75) is 64.2 Å². The van der Waals surface area contributed by atoms with Crippen LogP contribution in [-0.4, -0.2) is 17.8 Å². The maximum absolute atomic E-state index is 11.7. The zero-order chi connectivity index (χ0) is 12.3. The van der Waals surface area contributed by atoms with Crippen molar-refractivity contribution in [2.75, 3.05) is 11.9 Å². The number of alkyl halides is 1. The van der Waals surface area contributed by atoms with Gasteiger partial charge in [-0.3, -0.25) is 4.79 Å². The van der Waals surface area contributed by atoms with E-state index >= 15 is 0 Å². The van der Waals surface area contributed by atoms with Crippen molar-refractivity contribution >= 4 is 21.8 Å². The summed E-state index contributed by atoms with van der Waals surface area (Å²) in [6, 6.07) is 0. The molecule has 2 nitrogen and oxygen atoms in total. The van der Waals surface area contributed by atoms with Crippen molar-refractivity contribution in [3.8, 4) is 0 Å². The monoisotopic (exact) mass is 303 g/mol. The molecular weight excluding hydrogens is 278 g/mol. The van der Waals surface area contributed by atoms with Gasteiger partial charge in [-0.25, -0.2) is 0 Å². The Balaban J connectivity index is 1.93. The highest BCUT2D eigenvalue weighted by molar-refractivity contribution is 9.09. The van der Waals surface area contributed by atoms with E-state index in [1.807, 2.05) is 0 Å². The Morgan fingerprint density at radius 1 is 1.06 bits per heavy atom. The predicted octanol–water partition coefficient (Wildman–Crippen LogP) is 4.03. The number of nitrogens with one attached hydrogen (secondary N) is 1. The number of carbonyl (C=O) groups excluding carboxylic acids is 1. The van der Waals surface area contributed by atoms with Crippen molar-refractivity contribution in [1.82, 2.24) is 5.32 Å². The molecule has 1 N–H and O–H groups in total. The third kappa shape index (κ3) is 7.80. The van der Waals surface area contributed by atoms with E-state index in [1.165, 1.54) is 51.4 Å². The van der Waals surface area contributed by atoms with Crippen molar-refractivity contribution in [3.05, 3.63) is 0 Å². The minimum atomic E-state index is 0.275. The molecule has 3 heteroatoms. The number of rotatable bonds is 8. The first-order valence-corrected chi connectivity index (χ1v) is 8.27. The van der Waals surface area contributed by atoms with Gasteiger partial charge in [0.05, 0.1) is 0 Å². The summed E-state index contributed by atoms with van der Waals surface area (Å²) < 4.78 is 0. The van der Waals surface area contributed by atoms with Crippen LogP contribution >= 0.6 is 15.9 Å². The Bertz CT molecular complexity index is 202. The van der Waals surface area contributed by atoms with Gasteiger partial charge in [-0.15, -0.1) is 0 Å². The third-order valence-electron chi connectivity index (χ3n) is 3.58. The molecule has 0 radical (unpaired) electrons. The second-order valence-electron chi connectivity index (χ2n) is 5.16. The van der Waals surface area contributed by atoms with Gasteiger partial charge in [0, 0.05) is 18.3 Å². The summed E-state index contributed by atoms with van der Waals surface area (Å²) >= 11 is 3.43. The number of carbonyl (C=O) groups is 1. The first-order valence-electron chi connectivity index (χ1n) is 7.15. The zero-order valence-electron chi connectivity index (χ0n) is 10.8. The molecule has 0 aliphatic heterocycles. The van der Waals surface area contributed by atoms with E-state index in [1.54, 1.807) is 0 Å². The van der Waals surface area contributed by atoms with E-state index in [0.29, 0.717) is 5.92 Å². The molecule has 1 amide bonds. The van der Waals surface area contributed by atoms with Gasteiger partial charge in [0.2, 0.25) is 5.91 Å². The second-order valence-corrected chi connectivity index (χ2v) is 5.95. The van der Waals surface area contributed by atoms with E-state index in [-0.39, 0.29) is 5.91 Å². The maximum Gasteiger partial charge on any atom is 0.220 e. The lowest BCUT2D eigenvalue weighted by molar-refractivity contribution is -0.122. The third-order valence-corrected chi connectivity index (χ3v) is 4.14. The molecule has 0 aromatic carbocycles. The van der Waals surface area contributed by atoms with E-state index in [0.717, 1.165) is 24.7 Å². The summed E-state index contributed by atoms with van der Waals surface area (Å²) in [5.74, 6) is 0.939. The molecule has 1 aliphatic rings. The normalized spacial score (nSPS) is 17.0. The van der Waals surface area contributed by atoms with Crippen LogP contribution in [0.25, 0.3) is 0 Å². The first-order chi connectivity index (χ1) is 8.33. The number of halogens is 1. The van der Waals surface area contributed by atoms with Gasteiger partial charge in [-0.05, 0) is 31.6 Å². The Morgan fingerprint density at radius 2 is 1.76 bits per heavy atom. The van der Waals surface area contributed by atoms with Crippen LogP contribution in [0.15, 0.2) is 0 Å². The molecule has 1 fully saturated rings. The van der Waals surface area contributed by atoms with Gasteiger partial charge >= 0.3 is 0 Å². The molecule has 1 aliphatic carbocycles. The summed E-state index contributed by atoms with van der Waals surface area (Å²) in [5.41, 5.74) is 0. The van der Waals surface area contributed by atoms with Crippen LogP contribution in [0.2, 0.25) is 0 Å². The smallest absolute Gasteiger partial charge is 0.220 e. The molecular formula is C14H26BrNO. The predicted molar refractivity (Wildman–Crippen MR) is 76.5 cm³/mol. The first kappa shape index (κ1) is 15.0. The molecule has 17 heavy (non-hydrogen) atoms. The highest BCUT2D eigenvalue weighted by Crippen LogP contribution is 2.25. The highest BCUT2D eigenvalue weighted by atomic mass is 79.9. The van der Waals surface area contributed by atoms with Crippen LogP contribution in [0.1, 0.15) is 64.2 Å². The van der Waals surface area contributed by atoms with Gasteiger partial charge in [0.15, 0.2) is 0 Å². The van der Waals surface area contributed by atoms with Crippen LogP contribution < -0.4 is 5.32 Å². The van der Waals surface area contributed by atoms with Crippen LogP contribution in [0, 0.1) is 5.92 Å². The van der Waals surface area contributed by atoms with E-state index in [2.05, 4.69) is 21.2 Å². The summed E-state index contributed by atoms with van der Waals surface area (Å²) in [4.78, 5) is 11.7. The standard InChI is InChI=1S/C14H26BrNO/c15-10-6-1-2-7-11-16-14(17)12-13-8-4-3-5-9-13/h13H,1-12H2,(H,16,17). The van der Waals surface area contributed by atoms with E-state index < -0.39 is 0 Å². The summed E-state index contributed by atoms with van der Waals surface area (Å²) in [5, 5.41) is 4.15. The van der Waals surface area contributed by atoms with Crippen LogP contribution in [0.5, 0.6) is 0 Å². The van der Waals surface area contributed by atoms with Gasteiger partial charge in [-0.2, -0.15) is 0 Å². The Kier molecular flexibility index (Phi) is 8.76. The molecule has 0 spiro atoms. The molecule has 0 heterocycles. The van der Waals surface area contributed by atoms with Crippen LogP contribution in [0.3, 0.4) is 0 Å². The summed E-state index contributed by atoms with van der Waals surface area (Å²) in [6.07, 6.45) is 12.2. The van der Waals surface area contributed by atoms with Gasteiger partial charge in [0.1, 0.15) is 0 Å². The van der Waals surface area contributed by atoms with Crippen molar-refractivity contribution in [1.29, 1.82) is 0 Å². The largest absolute Gasteiger partial charge is 0.356 e. The summed E-state index contributed by atoms with van der Waals surface area (Å²) in [6.45, 7) is 0.869. The lowest BCUT2D eigenvalue weighted by atomic mass is 9.87. The lowest BCUT2D eigenvalue weighted by Crippen LogP contribution is -2.27. The van der Waals surface area contributed by atoms with E-state index in [4.69, 9.17) is 0 Å². The molecule has 0 atom stereocenters. The van der Waals surface area contributed by atoms with Crippen molar-refractivity contribution < 1.29 is 4.79 Å². The topological polar surface area (TPSA) is 29.1 Å². The number of amides is 1. The highest BCUT2D eigenvalue weighted by Gasteiger charge is 2.16. The zero-order valence-corrected chi connectivity index (χ0v) is 12.4. The quantitative estimate of drug-likeness (QED) is 0.532. The lowest BCUT2D eigenvalue weighted by Gasteiger charge is -2.20. The van der Waals surface area contributed by atoms with Gasteiger partial charge in [-0.1, -0.05) is 48.0 Å². The molecule has 0 saturated heterocycles. The Morgan fingerprint density at radius 3 is 2.47 bits per heavy atom. The van der Waals surface area contributed by atoms with Gasteiger partial charge < -0.3 is 5.32 Å². The van der Waals surface area contributed by atoms with Crippen LogP contribution in [0.4, 0.5) is 0 Å². The van der Waals surface area contributed by atoms with E-state index in [9.17, 15) is 4.79 Å². The molecule has 100 valence electrons. The van der Waals surface area contributed by atoms with Gasteiger partial charge in [0.25, 0.3) is 0 Å². The average Bonchev–Trinajstić information content (AvgIpc) is 2.35. The average molecular weight is 304 g/mol.